The summed E-state index contributed by atoms with van der Waals surface area (Å²) in [6, 6.07) is 1.92. The van der Waals surface area contributed by atoms with E-state index in [0.717, 1.165) is 30.1 Å². The van der Waals surface area contributed by atoms with Gasteiger partial charge in [-0.2, -0.15) is 0 Å². The second kappa shape index (κ2) is 4.23. The van der Waals surface area contributed by atoms with E-state index in [-0.39, 0.29) is 0 Å². The highest BCUT2D eigenvalue weighted by Crippen LogP contribution is 2.21. The first kappa shape index (κ1) is 9.86. The summed E-state index contributed by atoms with van der Waals surface area (Å²) in [5.41, 5.74) is 0. The molecule has 0 atom stereocenters. The summed E-state index contributed by atoms with van der Waals surface area (Å²) in [7, 11) is 0. The maximum Gasteiger partial charge on any atom is 0.133 e. The van der Waals surface area contributed by atoms with E-state index in [1.165, 1.54) is 0 Å². The van der Waals surface area contributed by atoms with Gasteiger partial charge in [-0.25, -0.2) is 9.97 Å². The molecule has 0 aliphatic carbocycles. The number of aromatic nitrogens is 2. The Hall–Kier alpha value is -0.680. The number of rotatable bonds is 3. The summed E-state index contributed by atoms with van der Waals surface area (Å²) in [4.78, 5) is 10.3. The van der Waals surface area contributed by atoms with Crippen molar-refractivity contribution in [2.45, 2.75) is 13.0 Å². The molecule has 14 heavy (non-hydrogen) atoms. The first-order valence-electron chi connectivity index (χ1n) is 4.63. The monoisotopic (exact) mass is 257 g/mol. The zero-order chi connectivity index (χ0) is 9.97. The van der Waals surface area contributed by atoms with Crippen molar-refractivity contribution in [1.29, 1.82) is 0 Å². The lowest BCUT2D eigenvalue weighted by atomic mass is 10.2. The molecular formula is C9H12BrN3O. The van der Waals surface area contributed by atoms with Gasteiger partial charge in [0, 0.05) is 25.8 Å². The van der Waals surface area contributed by atoms with Crippen molar-refractivity contribution in [3.8, 4) is 0 Å². The predicted molar refractivity (Wildman–Crippen MR) is 57.4 cm³/mol. The van der Waals surface area contributed by atoms with Gasteiger partial charge in [0.2, 0.25) is 0 Å². The number of anilines is 1. The molecule has 0 spiro atoms. The van der Waals surface area contributed by atoms with Crippen LogP contribution in [0.2, 0.25) is 0 Å². The third-order valence-electron chi connectivity index (χ3n) is 2.19. The van der Waals surface area contributed by atoms with Crippen LogP contribution in [0.5, 0.6) is 0 Å². The molecule has 76 valence electrons. The van der Waals surface area contributed by atoms with Crippen LogP contribution in [-0.4, -0.2) is 35.8 Å². The molecule has 0 amide bonds. The Morgan fingerprint density at radius 1 is 1.57 bits per heavy atom. The molecule has 1 saturated heterocycles. The minimum Gasteiger partial charge on any atom is -0.375 e. The zero-order valence-electron chi connectivity index (χ0n) is 7.98. The second-order valence-corrected chi connectivity index (χ2v) is 3.99. The van der Waals surface area contributed by atoms with Crippen LogP contribution in [0.3, 0.4) is 0 Å². The lowest BCUT2D eigenvalue weighted by molar-refractivity contribution is 0.0427. The normalized spacial score (nSPS) is 16.9. The molecular weight excluding hydrogens is 246 g/mol. The molecule has 0 bridgehead atoms. The average molecular weight is 258 g/mol. The van der Waals surface area contributed by atoms with Gasteiger partial charge in [0.1, 0.15) is 16.7 Å². The summed E-state index contributed by atoms with van der Waals surface area (Å²) in [6.45, 7) is 4.66. The molecule has 1 aromatic heterocycles. The minimum absolute atomic E-state index is 0.369. The summed E-state index contributed by atoms with van der Waals surface area (Å²) in [5.74, 6) is 0.961. The molecule has 1 aliphatic heterocycles. The molecule has 1 aliphatic rings. The molecule has 2 rings (SSSR count). The third kappa shape index (κ3) is 2.04. The lowest BCUT2D eigenvalue weighted by Gasteiger charge is -2.39. The molecule has 0 unspecified atom stereocenters. The van der Waals surface area contributed by atoms with Crippen LogP contribution in [0.15, 0.2) is 17.0 Å². The van der Waals surface area contributed by atoms with Gasteiger partial charge >= 0.3 is 0 Å². The summed E-state index contributed by atoms with van der Waals surface area (Å²) in [6.07, 6.45) is 1.93. The van der Waals surface area contributed by atoms with Crippen molar-refractivity contribution in [3.05, 3.63) is 17.0 Å². The summed E-state index contributed by atoms with van der Waals surface area (Å²) >= 11 is 3.32. The van der Waals surface area contributed by atoms with Gasteiger partial charge in [-0.3, -0.25) is 0 Å². The minimum atomic E-state index is 0.369. The molecule has 2 heterocycles. The Kier molecular flexibility index (Phi) is 2.98. The lowest BCUT2D eigenvalue weighted by Crippen LogP contribution is -2.52. The number of nitrogens with zero attached hydrogens (tertiary/aromatic N) is 3. The number of hydrogen-bond acceptors (Lipinski definition) is 4. The van der Waals surface area contributed by atoms with Crippen molar-refractivity contribution in [2.24, 2.45) is 0 Å². The van der Waals surface area contributed by atoms with E-state index in [4.69, 9.17) is 4.74 Å². The highest BCUT2D eigenvalue weighted by Gasteiger charge is 2.27. The predicted octanol–water partition coefficient (Wildman–Crippen LogP) is 1.46. The topological polar surface area (TPSA) is 38.2 Å². The smallest absolute Gasteiger partial charge is 0.133 e. The standard InChI is InChI=1S/C9H12BrN3O/c1-2-14-7-4-13(5-7)9-3-8(10)11-6-12-9/h3,6-7H,2,4-5H2,1H3. The Bertz CT molecular complexity index is 315. The van der Waals surface area contributed by atoms with Gasteiger partial charge < -0.3 is 9.64 Å². The first-order valence-corrected chi connectivity index (χ1v) is 5.43. The second-order valence-electron chi connectivity index (χ2n) is 3.18. The Morgan fingerprint density at radius 3 is 3.00 bits per heavy atom. The molecule has 4 nitrogen and oxygen atoms in total. The van der Waals surface area contributed by atoms with Crippen molar-refractivity contribution in [2.75, 3.05) is 24.6 Å². The van der Waals surface area contributed by atoms with Crippen LogP contribution in [0.1, 0.15) is 6.92 Å². The van der Waals surface area contributed by atoms with Crippen LogP contribution in [-0.2, 0) is 4.74 Å². The molecule has 1 fully saturated rings. The van der Waals surface area contributed by atoms with E-state index in [1.54, 1.807) is 6.33 Å². The Morgan fingerprint density at radius 2 is 2.36 bits per heavy atom. The zero-order valence-corrected chi connectivity index (χ0v) is 9.57. The number of halogens is 1. The van der Waals surface area contributed by atoms with Gasteiger partial charge in [-0.1, -0.05) is 0 Å². The maximum atomic E-state index is 5.46. The summed E-state index contributed by atoms with van der Waals surface area (Å²) < 4.78 is 6.28. The van der Waals surface area contributed by atoms with Gasteiger partial charge in [-0.15, -0.1) is 0 Å². The Balaban J connectivity index is 1.93. The molecule has 0 aromatic carbocycles. The van der Waals surface area contributed by atoms with E-state index >= 15 is 0 Å². The SMILES string of the molecule is CCOC1CN(c2cc(Br)ncn2)C1. The molecule has 0 N–H and O–H groups in total. The molecule has 0 radical (unpaired) electrons. The fourth-order valence-electron chi connectivity index (χ4n) is 1.46. The fraction of sp³-hybridized carbons (Fsp3) is 0.556. The number of hydrogen-bond donors (Lipinski definition) is 0. The van der Waals surface area contributed by atoms with Crippen LogP contribution >= 0.6 is 15.9 Å². The summed E-state index contributed by atoms with van der Waals surface area (Å²) in [5, 5.41) is 0. The van der Waals surface area contributed by atoms with Crippen LogP contribution < -0.4 is 4.90 Å². The Labute approximate surface area is 91.4 Å². The van der Waals surface area contributed by atoms with E-state index in [9.17, 15) is 0 Å². The van der Waals surface area contributed by atoms with Crippen LogP contribution in [0.25, 0.3) is 0 Å². The van der Waals surface area contributed by atoms with E-state index in [1.807, 2.05) is 13.0 Å². The van der Waals surface area contributed by atoms with Crippen molar-refractivity contribution >= 4 is 21.7 Å². The quantitative estimate of drug-likeness (QED) is 0.769. The van der Waals surface area contributed by atoms with Crippen LogP contribution in [0.4, 0.5) is 5.82 Å². The third-order valence-corrected chi connectivity index (χ3v) is 2.63. The van der Waals surface area contributed by atoms with E-state index < -0.39 is 0 Å². The highest BCUT2D eigenvalue weighted by atomic mass is 79.9. The average Bonchev–Trinajstić information content (AvgIpc) is 2.10. The van der Waals surface area contributed by atoms with Gasteiger partial charge in [0.15, 0.2) is 0 Å². The largest absolute Gasteiger partial charge is 0.375 e. The highest BCUT2D eigenvalue weighted by molar-refractivity contribution is 9.10. The molecule has 5 heteroatoms. The fourth-order valence-corrected chi connectivity index (χ4v) is 1.76. The van der Waals surface area contributed by atoms with Gasteiger partial charge in [-0.05, 0) is 22.9 Å². The molecule has 0 saturated carbocycles. The van der Waals surface area contributed by atoms with Crippen LogP contribution in [0, 0.1) is 0 Å². The van der Waals surface area contributed by atoms with Gasteiger partial charge in [0.05, 0.1) is 6.10 Å². The number of ether oxygens (including phenoxy) is 1. The van der Waals surface area contributed by atoms with Crippen molar-refractivity contribution in [3.63, 3.8) is 0 Å². The first-order chi connectivity index (χ1) is 6.79. The van der Waals surface area contributed by atoms with Crippen molar-refractivity contribution in [1.82, 2.24) is 9.97 Å². The van der Waals surface area contributed by atoms with Gasteiger partial charge in [0.25, 0.3) is 0 Å². The maximum absolute atomic E-state index is 5.46. The van der Waals surface area contributed by atoms with E-state index in [0.29, 0.717) is 6.10 Å². The van der Waals surface area contributed by atoms with Crippen molar-refractivity contribution < 1.29 is 4.74 Å². The molecule has 1 aromatic rings. The van der Waals surface area contributed by atoms with E-state index in [2.05, 4.69) is 30.8 Å².